The van der Waals surface area contributed by atoms with Crippen LogP contribution in [0.5, 0.6) is 11.5 Å². The molecule has 12 heteroatoms. The molecule has 0 atom stereocenters. The van der Waals surface area contributed by atoms with Crippen molar-refractivity contribution in [2.45, 2.75) is 63.2 Å². The van der Waals surface area contributed by atoms with Crippen LogP contribution in [-0.4, -0.2) is 34.1 Å². The van der Waals surface area contributed by atoms with Gasteiger partial charge in [-0.05, 0) is 80.3 Å². The van der Waals surface area contributed by atoms with Gasteiger partial charge in [0.2, 0.25) is 16.0 Å². The standard InChI is InChI=1S/C22H23F3N4O4S/c1-13-7-16(10-17(8-13)33-22(23,24)25)32-12-15-9-19-26-27-20(28-34(30,31)21(2)5-6-21)29(19)11-18(15)14-3-4-14/h7-11,14H,3-6,12H2,1-2H3,(H,27,28). The lowest BCUT2D eigenvalue weighted by atomic mass is 10.1. The summed E-state index contributed by atoms with van der Waals surface area (Å²) < 4.78 is 76.3. The van der Waals surface area contributed by atoms with Crippen molar-refractivity contribution in [2.75, 3.05) is 4.72 Å². The largest absolute Gasteiger partial charge is 0.573 e. The molecule has 0 bridgehead atoms. The first-order valence-electron chi connectivity index (χ1n) is 10.8. The van der Waals surface area contributed by atoms with Crippen LogP contribution in [0, 0.1) is 6.92 Å². The van der Waals surface area contributed by atoms with Crippen LogP contribution in [0.25, 0.3) is 5.65 Å². The third-order valence-electron chi connectivity index (χ3n) is 6.16. The van der Waals surface area contributed by atoms with Crippen LogP contribution in [0.15, 0.2) is 30.5 Å². The quantitative estimate of drug-likeness (QED) is 0.486. The number of aryl methyl sites for hydroxylation is 1. The van der Waals surface area contributed by atoms with E-state index in [1.165, 1.54) is 12.1 Å². The maximum Gasteiger partial charge on any atom is 0.573 e. The third kappa shape index (κ3) is 4.63. The molecular formula is C22H23F3N4O4S. The average Bonchev–Trinajstić information content (AvgIpc) is 3.65. The molecule has 3 aromatic rings. The second-order valence-electron chi connectivity index (χ2n) is 9.15. The summed E-state index contributed by atoms with van der Waals surface area (Å²) in [6.07, 6.45) is 0.180. The van der Waals surface area contributed by atoms with E-state index in [0.717, 1.165) is 24.0 Å². The minimum absolute atomic E-state index is 0.100. The Morgan fingerprint density at radius 2 is 1.85 bits per heavy atom. The van der Waals surface area contributed by atoms with Gasteiger partial charge in [0, 0.05) is 12.3 Å². The maximum atomic E-state index is 12.6. The van der Waals surface area contributed by atoms with Crippen LogP contribution in [0.1, 0.15) is 55.2 Å². The number of fused-ring (bicyclic) bond motifs is 1. The van der Waals surface area contributed by atoms with E-state index in [4.69, 9.17) is 4.74 Å². The zero-order valence-corrected chi connectivity index (χ0v) is 19.3. The average molecular weight is 497 g/mol. The van der Waals surface area contributed by atoms with Gasteiger partial charge in [0.05, 0.1) is 4.75 Å². The van der Waals surface area contributed by atoms with Crippen LogP contribution < -0.4 is 14.2 Å². The van der Waals surface area contributed by atoms with Gasteiger partial charge in [-0.2, -0.15) is 0 Å². The predicted octanol–water partition coefficient (Wildman–Crippen LogP) is 4.69. The van der Waals surface area contributed by atoms with Gasteiger partial charge in [0.1, 0.15) is 18.1 Å². The van der Waals surface area contributed by atoms with Crippen molar-refractivity contribution in [3.63, 3.8) is 0 Å². The molecule has 0 spiro atoms. The number of hydrogen-bond acceptors (Lipinski definition) is 6. The number of nitrogens with zero attached hydrogens (tertiary/aromatic N) is 3. The number of aromatic nitrogens is 3. The van der Waals surface area contributed by atoms with Gasteiger partial charge in [-0.1, -0.05) is 0 Å². The monoisotopic (exact) mass is 496 g/mol. The van der Waals surface area contributed by atoms with Crippen molar-refractivity contribution >= 4 is 21.6 Å². The van der Waals surface area contributed by atoms with Gasteiger partial charge in [-0.15, -0.1) is 23.4 Å². The summed E-state index contributed by atoms with van der Waals surface area (Å²) in [5, 5.41) is 8.11. The van der Waals surface area contributed by atoms with Crippen molar-refractivity contribution in [1.82, 2.24) is 14.6 Å². The third-order valence-corrected chi connectivity index (χ3v) is 8.32. The zero-order chi connectivity index (χ0) is 24.3. The SMILES string of the molecule is Cc1cc(OCc2cc3nnc(NS(=O)(=O)C4(C)CC4)n3cc2C2CC2)cc(OC(F)(F)F)c1. The number of anilines is 1. The van der Waals surface area contributed by atoms with Crippen LogP contribution in [0.3, 0.4) is 0 Å². The van der Waals surface area contributed by atoms with Gasteiger partial charge in [0.25, 0.3) is 0 Å². The Balaban J connectivity index is 1.41. The molecule has 2 fully saturated rings. The first-order valence-corrected chi connectivity index (χ1v) is 12.3. The topological polar surface area (TPSA) is 94.8 Å². The Hall–Kier alpha value is -3.02. The summed E-state index contributed by atoms with van der Waals surface area (Å²) in [5.41, 5.74) is 2.77. The number of nitrogens with one attached hydrogen (secondary N) is 1. The van der Waals surface area contributed by atoms with Crippen LogP contribution in [-0.2, 0) is 16.6 Å². The lowest BCUT2D eigenvalue weighted by Gasteiger charge is -2.15. The van der Waals surface area contributed by atoms with Crippen LogP contribution >= 0.6 is 0 Å². The van der Waals surface area contributed by atoms with Crippen LogP contribution in [0.4, 0.5) is 19.1 Å². The second-order valence-corrected chi connectivity index (χ2v) is 11.4. The fourth-order valence-corrected chi connectivity index (χ4v) is 5.05. The molecule has 0 aliphatic heterocycles. The molecule has 0 radical (unpaired) electrons. The first-order chi connectivity index (χ1) is 15.9. The smallest absolute Gasteiger partial charge is 0.489 e. The number of pyridine rings is 1. The summed E-state index contributed by atoms with van der Waals surface area (Å²) in [4.78, 5) is 0. The highest BCUT2D eigenvalue weighted by molar-refractivity contribution is 7.94. The normalized spacial score (nSPS) is 17.6. The molecule has 0 amide bonds. The van der Waals surface area contributed by atoms with Gasteiger partial charge >= 0.3 is 6.36 Å². The summed E-state index contributed by atoms with van der Waals surface area (Å²) in [5.74, 6) is 0.315. The highest BCUT2D eigenvalue weighted by Crippen LogP contribution is 2.44. The maximum absolute atomic E-state index is 12.6. The highest BCUT2D eigenvalue weighted by Gasteiger charge is 2.50. The van der Waals surface area contributed by atoms with Crippen molar-refractivity contribution in [1.29, 1.82) is 0 Å². The van der Waals surface area contributed by atoms with E-state index >= 15 is 0 Å². The Bertz CT molecular complexity index is 1360. The van der Waals surface area contributed by atoms with Crippen molar-refractivity contribution in [2.24, 2.45) is 0 Å². The molecule has 2 heterocycles. The molecule has 1 N–H and O–H groups in total. The molecular weight excluding hydrogens is 473 g/mol. The summed E-state index contributed by atoms with van der Waals surface area (Å²) in [6, 6.07) is 5.86. The first kappa shape index (κ1) is 22.8. The molecule has 5 rings (SSSR count). The molecule has 2 saturated carbocycles. The predicted molar refractivity (Wildman–Crippen MR) is 117 cm³/mol. The summed E-state index contributed by atoms with van der Waals surface area (Å²) in [6.45, 7) is 3.45. The fraction of sp³-hybridized carbons (Fsp3) is 0.455. The number of hydrogen-bond donors (Lipinski definition) is 1. The number of ether oxygens (including phenoxy) is 2. The lowest BCUT2D eigenvalue weighted by Crippen LogP contribution is -2.27. The fourth-order valence-electron chi connectivity index (χ4n) is 3.79. The Morgan fingerprint density at radius 1 is 1.15 bits per heavy atom. The molecule has 0 saturated heterocycles. The summed E-state index contributed by atoms with van der Waals surface area (Å²) >= 11 is 0. The van der Waals surface area contributed by atoms with E-state index < -0.39 is 21.1 Å². The van der Waals surface area contributed by atoms with Crippen molar-refractivity contribution in [3.8, 4) is 11.5 Å². The highest BCUT2D eigenvalue weighted by atomic mass is 32.2. The molecule has 2 aromatic heterocycles. The molecule has 2 aliphatic carbocycles. The molecule has 34 heavy (non-hydrogen) atoms. The number of benzene rings is 1. The molecule has 8 nitrogen and oxygen atoms in total. The van der Waals surface area contributed by atoms with E-state index in [1.807, 2.05) is 6.20 Å². The Labute approximate surface area is 194 Å². The number of alkyl halides is 3. The second kappa shape index (κ2) is 7.76. The lowest BCUT2D eigenvalue weighted by molar-refractivity contribution is -0.274. The van der Waals surface area contributed by atoms with Crippen molar-refractivity contribution < 1.29 is 31.1 Å². The van der Waals surface area contributed by atoms with E-state index in [9.17, 15) is 21.6 Å². The molecule has 0 unspecified atom stereocenters. The molecule has 182 valence electrons. The molecule has 1 aromatic carbocycles. The number of rotatable bonds is 8. The number of sulfonamides is 1. The van der Waals surface area contributed by atoms with E-state index in [-0.39, 0.29) is 30.0 Å². The molecule has 2 aliphatic rings. The van der Waals surface area contributed by atoms with E-state index in [2.05, 4.69) is 19.7 Å². The zero-order valence-electron chi connectivity index (χ0n) is 18.5. The van der Waals surface area contributed by atoms with Gasteiger partial charge in [-0.3, -0.25) is 9.12 Å². The minimum Gasteiger partial charge on any atom is -0.489 e. The Morgan fingerprint density at radius 3 is 2.50 bits per heavy atom. The van der Waals surface area contributed by atoms with Crippen LogP contribution in [0.2, 0.25) is 0 Å². The van der Waals surface area contributed by atoms with E-state index in [1.54, 1.807) is 30.4 Å². The van der Waals surface area contributed by atoms with Gasteiger partial charge < -0.3 is 9.47 Å². The van der Waals surface area contributed by atoms with Gasteiger partial charge in [-0.25, -0.2) is 8.42 Å². The minimum atomic E-state index is -4.79. The number of halogens is 3. The van der Waals surface area contributed by atoms with Gasteiger partial charge in [0.15, 0.2) is 5.65 Å². The summed E-state index contributed by atoms with van der Waals surface area (Å²) in [7, 11) is -3.59. The van der Waals surface area contributed by atoms with E-state index in [0.29, 0.717) is 24.1 Å². The van der Waals surface area contributed by atoms with Crippen molar-refractivity contribution in [3.05, 3.63) is 47.2 Å². The Kier molecular flexibility index (Phi) is 5.19.